The van der Waals surface area contributed by atoms with Crippen molar-refractivity contribution in [3.8, 4) is 0 Å². The van der Waals surface area contributed by atoms with E-state index >= 15 is 0 Å². The van der Waals surface area contributed by atoms with Crippen LogP contribution in [-0.2, 0) is 4.84 Å². The second-order valence-electron chi connectivity index (χ2n) is 7.63. The third-order valence-electron chi connectivity index (χ3n) is 5.44. The summed E-state index contributed by atoms with van der Waals surface area (Å²) in [6.07, 6.45) is 0.490. The van der Waals surface area contributed by atoms with Crippen molar-refractivity contribution in [2.45, 2.75) is 19.1 Å². The third-order valence-corrected chi connectivity index (χ3v) is 5.67. The SMILES string of the molecule is C[C@]12CC(c3ccccc3)=Nc3cc(Cl)ccc3N1C(c1ccc([NH+]([O-])O)cc1)=NO2. The topological polar surface area (TPSA) is 84.9 Å². The van der Waals surface area contributed by atoms with E-state index in [0.717, 1.165) is 28.2 Å². The monoisotopic (exact) mass is 434 g/mol. The van der Waals surface area contributed by atoms with Gasteiger partial charge in [-0.25, -0.2) is 5.21 Å². The molecule has 2 aliphatic rings. The van der Waals surface area contributed by atoms with E-state index in [1.54, 1.807) is 24.3 Å². The normalized spacial score (nSPS) is 20.7. The highest BCUT2D eigenvalue weighted by Crippen LogP contribution is 2.44. The molecule has 0 spiro atoms. The molecule has 0 saturated heterocycles. The van der Waals surface area contributed by atoms with Gasteiger partial charge < -0.3 is 10.0 Å². The van der Waals surface area contributed by atoms with Crippen molar-refractivity contribution in [1.82, 2.24) is 0 Å². The molecule has 7 nitrogen and oxygen atoms in total. The number of aliphatic imine (C=N–C) groups is 1. The number of amidine groups is 1. The Morgan fingerprint density at radius 2 is 1.81 bits per heavy atom. The molecule has 2 aliphatic heterocycles. The van der Waals surface area contributed by atoms with E-state index in [0.29, 0.717) is 17.3 Å². The molecule has 2 heterocycles. The average molecular weight is 435 g/mol. The van der Waals surface area contributed by atoms with E-state index in [1.807, 2.05) is 60.4 Å². The van der Waals surface area contributed by atoms with Crippen LogP contribution in [0.1, 0.15) is 24.5 Å². The Morgan fingerprint density at radius 1 is 1.06 bits per heavy atom. The largest absolute Gasteiger partial charge is 0.595 e. The van der Waals surface area contributed by atoms with Gasteiger partial charge in [0.15, 0.2) is 11.5 Å². The molecule has 31 heavy (non-hydrogen) atoms. The maximum absolute atomic E-state index is 11.2. The number of oxime groups is 1. The Labute approximate surface area is 184 Å². The molecule has 0 fully saturated rings. The van der Waals surface area contributed by atoms with E-state index in [9.17, 15) is 10.4 Å². The minimum absolute atomic E-state index is 0.212. The van der Waals surface area contributed by atoms with Crippen molar-refractivity contribution in [2.24, 2.45) is 10.1 Å². The zero-order valence-corrected chi connectivity index (χ0v) is 17.4. The standard InChI is InChI=1S/C23H19ClN4O3/c1-23-14-20(15-5-3-2-4-6-15)25-19-13-17(24)9-12-21(19)27(23)22(26-31-23)16-7-10-18(11-8-16)28(29)30/h2-13,28-29H,14H2,1H3/t23-/m0/s1. The van der Waals surface area contributed by atoms with Gasteiger partial charge in [-0.3, -0.25) is 9.89 Å². The van der Waals surface area contributed by atoms with Crippen molar-refractivity contribution in [2.75, 3.05) is 4.90 Å². The first-order valence-electron chi connectivity index (χ1n) is 9.77. The van der Waals surface area contributed by atoms with Crippen LogP contribution in [0.4, 0.5) is 17.1 Å². The Bertz CT molecular complexity index is 1200. The summed E-state index contributed by atoms with van der Waals surface area (Å²) >= 11 is 6.30. The van der Waals surface area contributed by atoms with Gasteiger partial charge >= 0.3 is 0 Å². The zero-order chi connectivity index (χ0) is 21.6. The summed E-state index contributed by atoms with van der Waals surface area (Å²) in [6.45, 7) is 1.97. The fraction of sp³-hybridized carbons (Fsp3) is 0.130. The number of hydrogen-bond acceptors (Lipinski definition) is 6. The molecule has 2 N–H and O–H groups in total. The van der Waals surface area contributed by atoms with E-state index in [-0.39, 0.29) is 5.69 Å². The summed E-state index contributed by atoms with van der Waals surface area (Å²) in [5.74, 6) is 0.590. The number of benzene rings is 3. The van der Waals surface area contributed by atoms with Crippen molar-refractivity contribution >= 4 is 40.2 Å². The summed E-state index contributed by atoms with van der Waals surface area (Å²) in [5.41, 5.74) is 3.55. The van der Waals surface area contributed by atoms with Crippen molar-refractivity contribution in [1.29, 1.82) is 0 Å². The highest BCUT2D eigenvalue weighted by molar-refractivity contribution is 6.31. The molecule has 3 aromatic rings. The van der Waals surface area contributed by atoms with E-state index < -0.39 is 11.0 Å². The number of rotatable bonds is 3. The van der Waals surface area contributed by atoms with Gasteiger partial charge in [-0.15, -0.1) is 0 Å². The number of quaternary nitrogens is 1. The molecule has 1 unspecified atom stereocenters. The predicted octanol–water partition coefficient (Wildman–Crippen LogP) is 4.18. The molecule has 0 bridgehead atoms. The molecule has 0 radical (unpaired) electrons. The van der Waals surface area contributed by atoms with Gasteiger partial charge in [0.05, 0.1) is 23.5 Å². The van der Waals surface area contributed by atoms with Crippen LogP contribution in [0.2, 0.25) is 5.02 Å². The van der Waals surface area contributed by atoms with Crippen LogP contribution in [-0.4, -0.2) is 22.5 Å². The lowest BCUT2D eigenvalue weighted by molar-refractivity contribution is -0.991. The summed E-state index contributed by atoms with van der Waals surface area (Å²) in [5, 5.41) is 24.4. The van der Waals surface area contributed by atoms with Gasteiger partial charge in [0, 0.05) is 22.7 Å². The number of fused-ring (bicyclic) bond motifs is 3. The number of hydrogen-bond donors (Lipinski definition) is 2. The third kappa shape index (κ3) is 3.47. The molecule has 3 aromatic carbocycles. The van der Waals surface area contributed by atoms with Crippen LogP contribution >= 0.6 is 11.6 Å². The average Bonchev–Trinajstić information content (AvgIpc) is 3.04. The second-order valence-corrected chi connectivity index (χ2v) is 8.07. The molecule has 8 heteroatoms. The molecule has 0 aliphatic carbocycles. The lowest BCUT2D eigenvalue weighted by atomic mass is 9.99. The molecule has 2 atom stereocenters. The molecular weight excluding hydrogens is 416 g/mol. The van der Waals surface area contributed by atoms with Gasteiger partial charge in [-0.2, -0.15) is 5.23 Å². The molecule has 0 saturated carbocycles. The molecule has 5 rings (SSSR count). The maximum atomic E-state index is 11.2. The van der Waals surface area contributed by atoms with E-state index in [1.165, 1.54) is 0 Å². The quantitative estimate of drug-likeness (QED) is 0.605. The lowest BCUT2D eigenvalue weighted by Crippen LogP contribution is -2.99. The van der Waals surface area contributed by atoms with Gasteiger partial charge in [0.2, 0.25) is 5.72 Å². The minimum atomic E-state index is -0.975. The first-order valence-corrected chi connectivity index (χ1v) is 10.2. The van der Waals surface area contributed by atoms with Gasteiger partial charge in [0.25, 0.3) is 0 Å². The van der Waals surface area contributed by atoms with E-state index in [2.05, 4.69) is 5.16 Å². The highest BCUT2D eigenvalue weighted by Gasteiger charge is 2.46. The second kappa shape index (κ2) is 7.47. The van der Waals surface area contributed by atoms with Crippen molar-refractivity contribution in [3.05, 3.63) is 94.2 Å². The summed E-state index contributed by atoms with van der Waals surface area (Å²) in [4.78, 5) is 12.9. The Hall–Kier alpha value is -3.23. The fourth-order valence-corrected chi connectivity index (χ4v) is 4.11. The smallest absolute Gasteiger partial charge is 0.218 e. The van der Waals surface area contributed by atoms with Crippen LogP contribution in [0, 0.1) is 5.21 Å². The van der Waals surface area contributed by atoms with Crippen molar-refractivity contribution < 1.29 is 15.3 Å². The van der Waals surface area contributed by atoms with Crippen LogP contribution in [0.3, 0.4) is 0 Å². The highest BCUT2D eigenvalue weighted by atomic mass is 35.5. The zero-order valence-electron chi connectivity index (χ0n) is 16.6. The molecule has 156 valence electrons. The molecular formula is C23H19ClN4O3. The van der Waals surface area contributed by atoms with Crippen LogP contribution in [0.5, 0.6) is 0 Å². The lowest BCUT2D eigenvalue weighted by Gasteiger charge is -2.33. The summed E-state index contributed by atoms with van der Waals surface area (Å²) < 4.78 is 0. The van der Waals surface area contributed by atoms with Gasteiger partial charge in [-0.05, 0) is 42.8 Å². The number of halogens is 1. The van der Waals surface area contributed by atoms with Crippen LogP contribution in [0.15, 0.2) is 82.9 Å². The number of nitrogens with zero attached hydrogens (tertiary/aromatic N) is 3. The molecule has 0 amide bonds. The fourth-order valence-electron chi connectivity index (χ4n) is 3.94. The summed E-state index contributed by atoms with van der Waals surface area (Å²) in [7, 11) is 0. The van der Waals surface area contributed by atoms with Gasteiger partial charge in [-0.1, -0.05) is 47.1 Å². The van der Waals surface area contributed by atoms with E-state index in [4.69, 9.17) is 21.4 Å². The van der Waals surface area contributed by atoms with Crippen LogP contribution in [0.25, 0.3) is 0 Å². The van der Waals surface area contributed by atoms with Crippen molar-refractivity contribution in [3.63, 3.8) is 0 Å². The summed E-state index contributed by atoms with van der Waals surface area (Å²) in [6, 6.07) is 22.1. The van der Waals surface area contributed by atoms with Gasteiger partial charge in [0.1, 0.15) is 0 Å². The minimum Gasteiger partial charge on any atom is -0.595 e. The first kappa shape index (κ1) is 19.7. The predicted molar refractivity (Wildman–Crippen MR) is 119 cm³/mol. The van der Waals surface area contributed by atoms with Crippen LogP contribution < -0.4 is 10.1 Å². The Morgan fingerprint density at radius 3 is 2.52 bits per heavy atom. The first-order chi connectivity index (χ1) is 14.9. The Balaban J connectivity index is 1.62. The molecule has 0 aromatic heterocycles. The number of anilines is 1. The number of nitrogens with one attached hydrogen (secondary N) is 1. The maximum Gasteiger partial charge on any atom is 0.218 e. The Kier molecular flexibility index (Phi) is 4.75.